The van der Waals surface area contributed by atoms with Gasteiger partial charge in [0, 0.05) is 45.1 Å². The molecule has 0 spiro atoms. The maximum absolute atomic E-state index is 12.3. The molecule has 3 rings (SSSR count). The van der Waals surface area contributed by atoms with Crippen molar-refractivity contribution in [3.63, 3.8) is 0 Å². The predicted octanol–water partition coefficient (Wildman–Crippen LogP) is 2.31. The summed E-state index contributed by atoms with van der Waals surface area (Å²) >= 11 is 0. The molecule has 2 aromatic rings. The number of imidazole rings is 1. The second-order valence-electron chi connectivity index (χ2n) is 5.90. The normalized spacial score (nSPS) is 16.9. The molecular formula is C16H21N5O. The third kappa shape index (κ3) is 3.10. The quantitative estimate of drug-likeness (QED) is 0.946. The summed E-state index contributed by atoms with van der Waals surface area (Å²) in [5.41, 5.74) is 1.78. The number of nitrogens with one attached hydrogen (secondary N) is 1. The van der Waals surface area contributed by atoms with Crippen LogP contribution in [0.4, 0.5) is 10.5 Å². The zero-order valence-electron chi connectivity index (χ0n) is 13.0. The van der Waals surface area contributed by atoms with Crippen LogP contribution in [-0.2, 0) is 13.0 Å². The summed E-state index contributed by atoms with van der Waals surface area (Å²) in [6.45, 7) is 3.63. The average molecular weight is 299 g/mol. The number of carbonyl (C=O) groups excluding carboxylic acids is 1. The van der Waals surface area contributed by atoms with Crippen molar-refractivity contribution >= 4 is 11.7 Å². The van der Waals surface area contributed by atoms with E-state index in [4.69, 9.17) is 0 Å². The number of urea groups is 1. The van der Waals surface area contributed by atoms with Gasteiger partial charge in [0.05, 0.1) is 11.9 Å². The van der Waals surface area contributed by atoms with Gasteiger partial charge in [-0.25, -0.2) is 9.78 Å². The van der Waals surface area contributed by atoms with Crippen LogP contribution < -0.4 is 5.32 Å². The van der Waals surface area contributed by atoms with Crippen LogP contribution in [0.3, 0.4) is 0 Å². The fourth-order valence-corrected chi connectivity index (χ4v) is 2.86. The summed E-state index contributed by atoms with van der Waals surface area (Å²) in [4.78, 5) is 22.4. The molecule has 2 amide bonds. The Hall–Kier alpha value is -2.37. The first-order valence-electron chi connectivity index (χ1n) is 7.56. The highest BCUT2D eigenvalue weighted by molar-refractivity contribution is 5.89. The van der Waals surface area contributed by atoms with Gasteiger partial charge in [0.1, 0.15) is 5.82 Å². The van der Waals surface area contributed by atoms with Crippen LogP contribution >= 0.6 is 0 Å². The fraction of sp³-hybridized carbons (Fsp3) is 0.438. The van der Waals surface area contributed by atoms with Gasteiger partial charge in [-0.1, -0.05) is 0 Å². The van der Waals surface area contributed by atoms with Crippen molar-refractivity contribution in [1.82, 2.24) is 19.4 Å². The Bertz CT molecular complexity index is 666. The Morgan fingerprint density at radius 3 is 3.18 bits per heavy atom. The Labute approximate surface area is 130 Å². The number of aryl methyl sites for hydroxylation is 2. The van der Waals surface area contributed by atoms with E-state index in [2.05, 4.69) is 19.9 Å². The Kier molecular flexibility index (Phi) is 4.09. The number of pyridine rings is 1. The second-order valence-corrected chi connectivity index (χ2v) is 5.90. The van der Waals surface area contributed by atoms with Gasteiger partial charge in [-0.15, -0.1) is 0 Å². The molecule has 1 aliphatic rings. The van der Waals surface area contributed by atoms with Crippen molar-refractivity contribution in [3.8, 4) is 0 Å². The monoisotopic (exact) mass is 299 g/mol. The van der Waals surface area contributed by atoms with Gasteiger partial charge >= 0.3 is 6.03 Å². The number of carbonyl (C=O) groups is 1. The lowest BCUT2D eigenvalue weighted by molar-refractivity contribution is 0.205. The van der Waals surface area contributed by atoms with Gasteiger partial charge in [0.15, 0.2) is 0 Å². The molecule has 0 bridgehead atoms. The molecule has 0 saturated heterocycles. The van der Waals surface area contributed by atoms with E-state index in [9.17, 15) is 4.79 Å². The first kappa shape index (κ1) is 14.6. The van der Waals surface area contributed by atoms with Crippen LogP contribution in [0, 0.1) is 12.8 Å². The SMILES string of the molecule is Cc1ccncc1NC(=O)N(C)C[C@H]1CCc2nccn2C1. The summed E-state index contributed by atoms with van der Waals surface area (Å²) in [6, 6.07) is 1.80. The van der Waals surface area contributed by atoms with Gasteiger partial charge in [-0.05, 0) is 30.9 Å². The average Bonchev–Trinajstić information content (AvgIpc) is 2.97. The van der Waals surface area contributed by atoms with Gasteiger partial charge < -0.3 is 14.8 Å². The highest BCUT2D eigenvalue weighted by atomic mass is 16.2. The molecular weight excluding hydrogens is 278 g/mol. The lowest BCUT2D eigenvalue weighted by Crippen LogP contribution is -2.38. The van der Waals surface area contributed by atoms with Crippen molar-refractivity contribution in [3.05, 3.63) is 42.2 Å². The first-order chi connectivity index (χ1) is 10.6. The molecule has 22 heavy (non-hydrogen) atoms. The topological polar surface area (TPSA) is 63.1 Å². The standard InChI is InChI=1S/C16H21N5O/c1-12-5-6-17-9-14(12)19-16(22)20(2)10-13-3-4-15-18-7-8-21(15)11-13/h5-9,13H,3-4,10-11H2,1-2H3,(H,19,22)/t13-/m1/s1. The van der Waals surface area contributed by atoms with Crippen molar-refractivity contribution in [2.75, 3.05) is 18.9 Å². The first-order valence-corrected chi connectivity index (χ1v) is 7.56. The minimum absolute atomic E-state index is 0.0903. The minimum atomic E-state index is -0.0903. The molecule has 1 aliphatic heterocycles. The van der Waals surface area contributed by atoms with Gasteiger partial charge in [0.25, 0.3) is 0 Å². The van der Waals surface area contributed by atoms with Crippen molar-refractivity contribution in [2.24, 2.45) is 5.92 Å². The lowest BCUT2D eigenvalue weighted by atomic mass is 9.99. The van der Waals surface area contributed by atoms with E-state index < -0.39 is 0 Å². The third-order valence-electron chi connectivity index (χ3n) is 4.19. The Morgan fingerprint density at radius 1 is 1.50 bits per heavy atom. The van der Waals surface area contributed by atoms with Crippen LogP contribution in [0.2, 0.25) is 0 Å². The zero-order chi connectivity index (χ0) is 15.5. The molecule has 0 aromatic carbocycles. The van der Waals surface area contributed by atoms with E-state index in [1.165, 1.54) is 0 Å². The molecule has 0 saturated carbocycles. The van der Waals surface area contributed by atoms with E-state index in [1.54, 1.807) is 17.3 Å². The van der Waals surface area contributed by atoms with E-state index in [1.807, 2.05) is 32.4 Å². The number of aromatic nitrogens is 3. The Morgan fingerprint density at radius 2 is 2.36 bits per heavy atom. The van der Waals surface area contributed by atoms with Gasteiger partial charge in [-0.3, -0.25) is 4.98 Å². The number of fused-ring (bicyclic) bond motifs is 1. The summed E-state index contributed by atoms with van der Waals surface area (Å²) in [7, 11) is 1.84. The summed E-state index contributed by atoms with van der Waals surface area (Å²) < 4.78 is 2.19. The smallest absolute Gasteiger partial charge is 0.321 e. The number of hydrogen-bond acceptors (Lipinski definition) is 3. The molecule has 1 atom stereocenters. The van der Waals surface area contributed by atoms with Crippen LogP contribution in [0.25, 0.3) is 0 Å². The predicted molar refractivity (Wildman–Crippen MR) is 84.7 cm³/mol. The van der Waals surface area contributed by atoms with Crippen molar-refractivity contribution < 1.29 is 4.79 Å². The number of hydrogen-bond donors (Lipinski definition) is 1. The molecule has 6 nitrogen and oxygen atoms in total. The van der Waals surface area contributed by atoms with Crippen LogP contribution in [0.15, 0.2) is 30.9 Å². The highest BCUT2D eigenvalue weighted by Crippen LogP contribution is 2.20. The van der Waals surface area contributed by atoms with E-state index in [-0.39, 0.29) is 6.03 Å². The maximum Gasteiger partial charge on any atom is 0.321 e. The summed E-state index contributed by atoms with van der Waals surface area (Å²) in [6.07, 6.45) is 9.31. The van der Waals surface area contributed by atoms with Crippen LogP contribution in [0.1, 0.15) is 17.8 Å². The van der Waals surface area contributed by atoms with E-state index in [0.717, 1.165) is 43.0 Å². The number of rotatable bonds is 3. The highest BCUT2D eigenvalue weighted by Gasteiger charge is 2.22. The largest absolute Gasteiger partial charge is 0.335 e. The Balaban J connectivity index is 1.57. The number of anilines is 1. The number of amides is 2. The van der Waals surface area contributed by atoms with E-state index in [0.29, 0.717) is 5.92 Å². The van der Waals surface area contributed by atoms with Crippen LogP contribution in [0.5, 0.6) is 0 Å². The summed E-state index contributed by atoms with van der Waals surface area (Å²) in [5, 5.41) is 2.92. The van der Waals surface area contributed by atoms with Crippen molar-refractivity contribution in [1.29, 1.82) is 0 Å². The molecule has 3 heterocycles. The maximum atomic E-state index is 12.3. The minimum Gasteiger partial charge on any atom is -0.335 e. The zero-order valence-corrected chi connectivity index (χ0v) is 13.0. The van der Waals surface area contributed by atoms with Gasteiger partial charge in [-0.2, -0.15) is 0 Å². The lowest BCUT2D eigenvalue weighted by Gasteiger charge is -2.28. The van der Waals surface area contributed by atoms with E-state index >= 15 is 0 Å². The molecule has 0 fully saturated rings. The van der Waals surface area contributed by atoms with Crippen molar-refractivity contribution in [2.45, 2.75) is 26.3 Å². The second kappa shape index (κ2) is 6.17. The fourth-order valence-electron chi connectivity index (χ4n) is 2.86. The van der Waals surface area contributed by atoms with Gasteiger partial charge in [0.2, 0.25) is 0 Å². The third-order valence-corrected chi connectivity index (χ3v) is 4.19. The summed E-state index contributed by atoms with van der Waals surface area (Å²) in [5.74, 6) is 1.61. The molecule has 1 N–H and O–H groups in total. The molecule has 6 heteroatoms. The molecule has 0 radical (unpaired) electrons. The molecule has 0 aliphatic carbocycles. The molecule has 2 aromatic heterocycles. The number of nitrogens with zero attached hydrogens (tertiary/aromatic N) is 4. The molecule has 0 unspecified atom stereocenters. The van der Waals surface area contributed by atoms with Crippen LogP contribution in [-0.4, -0.2) is 39.1 Å². The molecule has 116 valence electrons.